The van der Waals surface area contributed by atoms with Gasteiger partial charge in [0.2, 0.25) is 0 Å². The first-order valence-corrected chi connectivity index (χ1v) is 6.27. The standard InChI is InChI=1S/C13H18N2O3/c1-10-4-5-11(15(16)17)9-13(10)14-7-6-12-3-2-8-18-12/h4-5,9,12,14H,2-3,6-8H2,1H3. The third-order valence-electron chi connectivity index (χ3n) is 3.24. The summed E-state index contributed by atoms with van der Waals surface area (Å²) in [7, 11) is 0. The maximum Gasteiger partial charge on any atom is 0.271 e. The van der Waals surface area contributed by atoms with Crippen LogP contribution < -0.4 is 5.32 Å². The molecule has 1 aliphatic heterocycles. The second-order valence-corrected chi connectivity index (χ2v) is 4.61. The van der Waals surface area contributed by atoms with Gasteiger partial charge in [0.1, 0.15) is 0 Å². The highest BCUT2D eigenvalue weighted by molar-refractivity contribution is 5.56. The van der Waals surface area contributed by atoms with Gasteiger partial charge in [-0.05, 0) is 31.7 Å². The second-order valence-electron chi connectivity index (χ2n) is 4.61. The van der Waals surface area contributed by atoms with Gasteiger partial charge in [0.05, 0.1) is 11.0 Å². The SMILES string of the molecule is Cc1ccc([N+](=O)[O-])cc1NCCC1CCCO1. The molecule has 0 saturated carbocycles. The zero-order chi connectivity index (χ0) is 13.0. The molecule has 1 saturated heterocycles. The lowest BCUT2D eigenvalue weighted by Gasteiger charge is -2.12. The zero-order valence-electron chi connectivity index (χ0n) is 10.5. The van der Waals surface area contributed by atoms with Crippen LogP contribution in [0.5, 0.6) is 0 Å². The maximum atomic E-state index is 10.7. The number of nitrogens with zero attached hydrogens (tertiary/aromatic N) is 1. The zero-order valence-corrected chi connectivity index (χ0v) is 10.5. The number of non-ortho nitro benzene ring substituents is 1. The Kier molecular flexibility index (Phi) is 4.15. The Labute approximate surface area is 106 Å². The van der Waals surface area contributed by atoms with Crippen LogP contribution in [0.4, 0.5) is 11.4 Å². The third-order valence-corrected chi connectivity index (χ3v) is 3.24. The van der Waals surface area contributed by atoms with Gasteiger partial charge in [-0.3, -0.25) is 10.1 Å². The van der Waals surface area contributed by atoms with E-state index in [1.54, 1.807) is 12.1 Å². The lowest BCUT2D eigenvalue weighted by Crippen LogP contribution is -2.13. The number of hydrogen-bond acceptors (Lipinski definition) is 4. The van der Waals surface area contributed by atoms with E-state index in [0.29, 0.717) is 6.10 Å². The van der Waals surface area contributed by atoms with Crippen LogP contribution in [0.25, 0.3) is 0 Å². The molecule has 5 heteroatoms. The summed E-state index contributed by atoms with van der Waals surface area (Å²) in [6.45, 7) is 3.59. The van der Waals surface area contributed by atoms with Crippen molar-refractivity contribution in [2.24, 2.45) is 0 Å². The van der Waals surface area contributed by atoms with Gasteiger partial charge in [-0.2, -0.15) is 0 Å². The lowest BCUT2D eigenvalue weighted by atomic mass is 10.1. The number of nitro groups is 1. The molecule has 1 aromatic rings. The summed E-state index contributed by atoms with van der Waals surface area (Å²) in [6, 6.07) is 4.89. The van der Waals surface area contributed by atoms with Crippen molar-refractivity contribution in [1.29, 1.82) is 0 Å². The topological polar surface area (TPSA) is 64.4 Å². The highest BCUT2D eigenvalue weighted by Crippen LogP contribution is 2.22. The molecule has 0 amide bonds. The largest absolute Gasteiger partial charge is 0.385 e. The first-order chi connectivity index (χ1) is 8.66. The van der Waals surface area contributed by atoms with Gasteiger partial charge in [0.15, 0.2) is 0 Å². The van der Waals surface area contributed by atoms with Crippen LogP contribution in [0.15, 0.2) is 18.2 Å². The van der Waals surface area contributed by atoms with E-state index in [1.165, 1.54) is 6.07 Å². The molecule has 1 aromatic carbocycles. The average Bonchev–Trinajstić information content (AvgIpc) is 2.84. The van der Waals surface area contributed by atoms with Crippen molar-refractivity contribution >= 4 is 11.4 Å². The molecule has 0 spiro atoms. The predicted molar refractivity (Wildman–Crippen MR) is 69.9 cm³/mol. The Hall–Kier alpha value is -1.62. The smallest absolute Gasteiger partial charge is 0.271 e. The van der Waals surface area contributed by atoms with E-state index < -0.39 is 0 Å². The van der Waals surface area contributed by atoms with Crippen LogP contribution in [-0.4, -0.2) is 24.2 Å². The molecule has 1 N–H and O–H groups in total. The number of aryl methyl sites for hydroxylation is 1. The van der Waals surface area contributed by atoms with Crippen molar-refractivity contribution in [2.75, 3.05) is 18.5 Å². The number of hydrogen-bond donors (Lipinski definition) is 1. The summed E-state index contributed by atoms with van der Waals surface area (Å²) in [5.41, 5.74) is 1.98. The van der Waals surface area contributed by atoms with Gasteiger partial charge in [0, 0.05) is 31.0 Å². The highest BCUT2D eigenvalue weighted by atomic mass is 16.6. The minimum Gasteiger partial charge on any atom is -0.385 e. The maximum absolute atomic E-state index is 10.7. The molecule has 1 fully saturated rings. The molecule has 5 nitrogen and oxygen atoms in total. The second kappa shape index (κ2) is 5.82. The first-order valence-electron chi connectivity index (χ1n) is 6.27. The Balaban J connectivity index is 1.91. The molecule has 1 aliphatic rings. The monoisotopic (exact) mass is 250 g/mol. The lowest BCUT2D eigenvalue weighted by molar-refractivity contribution is -0.384. The van der Waals surface area contributed by atoms with E-state index >= 15 is 0 Å². The van der Waals surface area contributed by atoms with E-state index in [-0.39, 0.29) is 10.6 Å². The van der Waals surface area contributed by atoms with Crippen molar-refractivity contribution in [1.82, 2.24) is 0 Å². The van der Waals surface area contributed by atoms with E-state index in [0.717, 1.165) is 43.7 Å². The van der Waals surface area contributed by atoms with Gasteiger partial charge in [0.25, 0.3) is 5.69 Å². The number of benzene rings is 1. The van der Waals surface area contributed by atoms with Gasteiger partial charge < -0.3 is 10.1 Å². The fraction of sp³-hybridized carbons (Fsp3) is 0.538. The summed E-state index contributed by atoms with van der Waals surface area (Å²) >= 11 is 0. The van der Waals surface area contributed by atoms with Gasteiger partial charge in [-0.25, -0.2) is 0 Å². The van der Waals surface area contributed by atoms with E-state index in [2.05, 4.69) is 5.32 Å². The quantitative estimate of drug-likeness (QED) is 0.644. The van der Waals surface area contributed by atoms with Crippen LogP contribution in [0.3, 0.4) is 0 Å². The molecular formula is C13H18N2O3. The minimum atomic E-state index is -0.370. The fourth-order valence-electron chi connectivity index (χ4n) is 2.15. The van der Waals surface area contributed by atoms with Crippen molar-refractivity contribution in [3.05, 3.63) is 33.9 Å². The molecule has 0 aliphatic carbocycles. The molecule has 2 rings (SSSR count). The van der Waals surface area contributed by atoms with E-state index in [4.69, 9.17) is 4.74 Å². The van der Waals surface area contributed by atoms with Crippen molar-refractivity contribution in [2.45, 2.75) is 32.3 Å². The third kappa shape index (κ3) is 3.20. The Morgan fingerprint density at radius 2 is 2.39 bits per heavy atom. The van der Waals surface area contributed by atoms with Gasteiger partial charge in [-0.1, -0.05) is 6.07 Å². The van der Waals surface area contributed by atoms with Gasteiger partial charge in [-0.15, -0.1) is 0 Å². The molecule has 0 radical (unpaired) electrons. The van der Waals surface area contributed by atoms with Gasteiger partial charge >= 0.3 is 0 Å². The van der Waals surface area contributed by atoms with Crippen LogP contribution in [0.2, 0.25) is 0 Å². The van der Waals surface area contributed by atoms with Crippen LogP contribution in [-0.2, 0) is 4.74 Å². The average molecular weight is 250 g/mol. The molecule has 1 heterocycles. The molecule has 98 valence electrons. The molecule has 1 unspecified atom stereocenters. The van der Waals surface area contributed by atoms with E-state index in [9.17, 15) is 10.1 Å². The fourth-order valence-corrected chi connectivity index (χ4v) is 2.15. The number of anilines is 1. The molecular weight excluding hydrogens is 232 g/mol. The predicted octanol–water partition coefficient (Wildman–Crippen LogP) is 2.88. The van der Waals surface area contributed by atoms with Crippen molar-refractivity contribution < 1.29 is 9.66 Å². The normalized spacial score (nSPS) is 18.8. The molecule has 1 atom stereocenters. The van der Waals surface area contributed by atoms with Crippen molar-refractivity contribution in [3.8, 4) is 0 Å². The number of nitrogens with one attached hydrogen (secondary N) is 1. The summed E-state index contributed by atoms with van der Waals surface area (Å²) in [5, 5.41) is 14.0. The summed E-state index contributed by atoms with van der Waals surface area (Å²) in [5.74, 6) is 0. The molecule has 0 bridgehead atoms. The summed E-state index contributed by atoms with van der Waals surface area (Å²) in [6.07, 6.45) is 3.55. The van der Waals surface area contributed by atoms with Crippen LogP contribution in [0.1, 0.15) is 24.8 Å². The Morgan fingerprint density at radius 1 is 1.56 bits per heavy atom. The van der Waals surface area contributed by atoms with Crippen molar-refractivity contribution in [3.63, 3.8) is 0 Å². The highest BCUT2D eigenvalue weighted by Gasteiger charge is 2.15. The summed E-state index contributed by atoms with van der Waals surface area (Å²) in [4.78, 5) is 10.3. The number of nitro benzene ring substituents is 1. The van der Waals surface area contributed by atoms with Crippen LogP contribution in [0, 0.1) is 17.0 Å². The molecule has 0 aromatic heterocycles. The van der Waals surface area contributed by atoms with E-state index in [1.807, 2.05) is 6.92 Å². The van der Waals surface area contributed by atoms with Crippen LogP contribution >= 0.6 is 0 Å². The Bertz CT molecular complexity index is 428. The molecule has 18 heavy (non-hydrogen) atoms. The first kappa shape index (κ1) is 12.8. The minimum absolute atomic E-state index is 0.125. The Morgan fingerprint density at radius 3 is 3.06 bits per heavy atom. The summed E-state index contributed by atoms with van der Waals surface area (Å²) < 4.78 is 5.53. The number of ether oxygens (including phenoxy) is 1. The number of rotatable bonds is 5.